The first-order valence-electron chi connectivity index (χ1n) is 8.64. The third-order valence-electron chi connectivity index (χ3n) is 4.36. The van der Waals surface area contributed by atoms with Crippen LogP contribution in [-0.2, 0) is 11.2 Å². The Labute approximate surface area is 147 Å². The molecule has 0 bridgehead atoms. The van der Waals surface area contributed by atoms with Crippen LogP contribution in [0.25, 0.3) is 0 Å². The number of nitrogens with zero attached hydrogens (tertiary/aromatic N) is 5. The van der Waals surface area contributed by atoms with Gasteiger partial charge in [-0.3, -0.25) is 4.79 Å². The van der Waals surface area contributed by atoms with Crippen LogP contribution in [0.4, 0.5) is 5.95 Å². The van der Waals surface area contributed by atoms with Crippen molar-refractivity contribution in [1.82, 2.24) is 19.9 Å². The van der Waals surface area contributed by atoms with Gasteiger partial charge in [-0.15, -0.1) is 0 Å². The smallest absolute Gasteiger partial charge is 0.226 e. The maximum Gasteiger partial charge on any atom is 0.226 e. The van der Waals surface area contributed by atoms with Crippen molar-refractivity contribution in [2.24, 2.45) is 5.73 Å². The van der Waals surface area contributed by atoms with Crippen molar-refractivity contribution in [2.45, 2.75) is 52.5 Å². The van der Waals surface area contributed by atoms with Crippen LogP contribution in [0.3, 0.4) is 0 Å². The quantitative estimate of drug-likeness (QED) is 0.893. The number of amides is 1. The minimum Gasteiger partial charge on any atom is -0.370 e. The summed E-state index contributed by atoms with van der Waals surface area (Å²) < 4.78 is 0. The molecule has 3 heterocycles. The Morgan fingerprint density at radius 3 is 2.56 bits per heavy atom. The molecule has 7 nitrogen and oxygen atoms in total. The molecule has 0 spiro atoms. The number of hydrogen-bond donors (Lipinski definition) is 1. The molecule has 0 saturated carbocycles. The normalized spacial score (nSPS) is 17.1. The van der Waals surface area contributed by atoms with Crippen LogP contribution in [0.15, 0.2) is 12.1 Å². The number of hydrogen-bond acceptors (Lipinski definition) is 6. The monoisotopic (exact) mass is 340 g/mol. The molecule has 25 heavy (non-hydrogen) atoms. The molecule has 2 N–H and O–H groups in total. The van der Waals surface area contributed by atoms with Gasteiger partial charge in [-0.05, 0) is 52.2 Å². The molecule has 0 aromatic carbocycles. The number of aryl methyl sites for hydroxylation is 4. The number of nitrogens with two attached hydrogens (primary N) is 1. The Balaban J connectivity index is 1.90. The van der Waals surface area contributed by atoms with Gasteiger partial charge >= 0.3 is 0 Å². The number of anilines is 1. The largest absolute Gasteiger partial charge is 0.370 e. The van der Waals surface area contributed by atoms with Crippen LogP contribution < -0.4 is 10.6 Å². The van der Waals surface area contributed by atoms with E-state index in [-0.39, 0.29) is 11.9 Å². The number of primary amides is 1. The minimum atomic E-state index is -0.316. The Morgan fingerprint density at radius 1 is 1.16 bits per heavy atom. The van der Waals surface area contributed by atoms with Crippen LogP contribution in [0.5, 0.6) is 0 Å². The molecule has 1 fully saturated rings. The number of carbonyl (C=O) groups is 1. The van der Waals surface area contributed by atoms with Gasteiger partial charge in [-0.2, -0.15) is 0 Å². The van der Waals surface area contributed by atoms with E-state index in [1.165, 1.54) is 0 Å². The van der Waals surface area contributed by atoms with Gasteiger partial charge in [0.25, 0.3) is 0 Å². The van der Waals surface area contributed by atoms with Crippen molar-refractivity contribution in [3.8, 4) is 0 Å². The second-order valence-electron chi connectivity index (χ2n) is 6.60. The lowest BCUT2D eigenvalue weighted by atomic mass is 10.1. The van der Waals surface area contributed by atoms with Crippen LogP contribution in [0, 0.1) is 20.8 Å². The summed E-state index contributed by atoms with van der Waals surface area (Å²) in [5.41, 5.74) is 9.01. The third-order valence-corrected chi connectivity index (χ3v) is 4.36. The first-order chi connectivity index (χ1) is 11.9. The summed E-state index contributed by atoms with van der Waals surface area (Å²) in [6.45, 7) is 6.76. The summed E-state index contributed by atoms with van der Waals surface area (Å²) in [7, 11) is 0. The third kappa shape index (κ3) is 4.10. The van der Waals surface area contributed by atoms with Crippen LogP contribution in [0.2, 0.25) is 0 Å². The van der Waals surface area contributed by atoms with Gasteiger partial charge in [0, 0.05) is 30.0 Å². The summed E-state index contributed by atoms with van der Waals surface area (Å²) in [4.78, 5) is 31.6. The van der Waals surface area contributed by atoms with Gasteiger partial charge in [0.15, 0.2) is 0 Å². The second-order valence-corrected chi connectivity index (χ2v) is 6.60. The second kappa shape index (κ2) is 7.13. The molecule has 2 aromatic heterocycles. The predicted molar refractivity (Wildman–Crippen MR) is 95.1 cm³/mol. The van der Waals surface area contributed by atoms with E-state index >= 15 is 0 Å². The molecule has 1 aliphatic heterocycles. The molecule has 7 heteroatoms. The standard InChI is InChI=1S/C18H24N6O/c1-11-9-12(2)21-18(20-11)24-8-4-5-16(24)15-10-14(6-7-17(19)25)22-13(3)23-15/h9-10,16H,4-8H2,1-3H3,(H2,19,25). The highest BCUT2D eigenvalue weighted by atomic mass is 16.1. The number of rotatable bonds is 5. The van der Waals surface area contributed by atoms with E-state index in [0.717, 1.165) is 48.1 Å². The lowest BCUT2D eigenvalue weighted by Gasteiger charge is -2.25. The molecule has 1 aliphatic rings. The highest BCUT2D eigenvalue weighted by molar-refractivity contribution is 5.73. The van der Waals surface area contributed by atoms with Crippen LogP contribution in [0.1, 0.15) is 53.9 Å². The summed E-state index contributed by atoms with van der Waals surface area (Å²) >= 11 is 0. The van der Waals surface area contributed by atoms with Gasteiger partial charge < -0.3 is 10.6 Å². The van der Waals surface area contributed by atoms with E-state index < -0.39 is 0 Å². The van der Waals surface area contributed by atoms with Gasteiger partial charge in [0.1, 0.15) is 5.82 Å². The number of carbonyl (C=O) groups excluding carboxylic acids is 1. The van der Waals surface area contributed by atoms with Crippen molar-refractivity contribution in [1.29, 1.82) is 0 Å². The fraction of sp³-hybridized carbons (Fsp3) is 0.500. The van der Waals surface area contributed by atoms with E-state index in [0.29, 0.717) is 18.7 Å². The number of aromatic nitrogens is 4. The summed E-state index contributed by atoms with van der Waals surface area (Å²) in [6, 6.07) is 4.10. The zero-order chi connectivity index (χ0) is 18.0. The molecular weight excluding hydrogens is 316 g/mol. The first-order valence-corrected chi connectivity index (χ1v) is 8.64. The molecule has 1 atom stereocenters. The zero-order valence-corrected chi connectivity index (χ0v) is 15.0. The van der Waals surface area contributed by atoms with E-state index in [1.54, 1.807) is 0 Å². The van der Waals surface area contributed by atoms with Crippen LogP contribution in [-0.4, -0.2) is 32.4 Å². The van der Waals surface area contributed by atoms with Crippen molar-refractivity contribution in [3.05, 3.63) is 40.7 Å². The Kier molecular flexibility index (Phi) is 4.92. The molecular formula is C18H24N6O. The zero-order valence-electron chi connectivity index (χ0n) is 15.0. The van der Waals surface area contributed by atoms with E-state index in [1.807, 2.05) is 32.9 Å². The highest BCUT2D eigenvalue weighted by Crippen LogP contribution is 2.34. The Bertz CT molecular complexity index is 771. The molecule has 0 aliphatic carbocycles. The summed E-state index contributed by atoms with van der Waals surface area (Å²) in [5, 5.41) is 0. The average Bonchev–Trinajstić information content (AvgIpc) is 3.01. The Morgan fingerprint density at radius 2 is 1.88 bits per heavy atom. The molecule has 132 valence electrons. The predicted octanol–water partition coefficient (Wildman–Crippen LogP) is 1.95. The fourth-order valence-corrected chi connectivity index (χ4v) is 3.35. The van der Waals surface area contributed by atoms with Gasteiger partial charge in [0.2, 0.25) is 11.9 Å². The minimum absolute atomic E-state index is 0.134. The van der Waals surface area contributed by atoms with E-state index in [4.69, 9.17) is 5.73 Å². The van der Waals surface area contributed by atoms with Crippen molar-refractivity contribution in [2.75, 3.05) is 11.4 Å². The molecule has 1 amide bonds. The van der Waals surface area contributed by atoms with Crippen molar-refractivity contribution in [3.63, 3.8) is 0 Å². The average molecular weight is 340 g/mol. The van der Waals surface area contributed by atoms with Crippen molar-refractivity contribution < 1.29 is 4.79 Å². The summed E-state index contributed by atoms with van der Waals surface area (Å²) in [5.74, 6) is 1.16. The highest BCUT2D eigenvalue weighted by Gasteiger charge is 2.30. The van der Waals surface area contributed by atoms with Gasteiger partial charge in [-0.1, -0.05) is 0 Å². The SMILES string of the molecule is Cc1cc(C)nc(N2CCCC2c2cc(CCC(N)=O)nc(C)n2)n1. The van der Waals surface area contributed by atoms with E-state index in [9.17, 15) is 4.79 Å². The maximum absolute atomic E-state index is 11.1. The molecule has 0 radical (unpaired) electrons. The maximum atomic E-state index is 11.1. The topological polar surface area (TPSA) is 97.9 Å². The first kappa shape index (κ1) is 17.3. The molecule has 2 aromatic rings. The van der Waals surface area contributed by atoms with E-state index in [2.05, 4.69) is 24.8 Å². The molecule has 1 saturated heterocycles. The molecule has 1 unspecified atom stereocenters. The lowest BCUT2D eigenvalue weighted by Crippen LogP contribution is -2.26. The Hall–Kier alpha value is -2.57. The van der Waals surface area contributed by atoms with Gasteiger partial charge in [-0.25, -0.2) is 19.9 Å². The molecule has 3 rings (SSSR count). The summed E-state index contributed by atoms with van der Waals surface area (Å²) in [6.07, 6.45) is 2.91. The van der Waals surface area contributed by atoms with Gasteiger partial charge in [0.05, 0.1) is 11.7 Å². The van der Waals surface area contributed by atoms with Crippen LogP contribution >= 0.6 is 0 Å². The fourth-order valence-electron chi connectivity index (χ4n) is 3.35. The lowest BCUT2D eigenvalue weighted by molar-refractivity contribution is -0.118. The van der Waals surface area contributed by atoms with Crippen molar-refractivity contribution >= 4 is 11.9 Å².